The molecule has 2 aliphatic heterocycles. The molecule has 0 saturated carbocycles. The number of nitrogens with zero attached hydrogens (tertiary/aromatic N) is 4. The Labute approximate surface area is 217 Å². The molecule has 0 radical (unpaired) electrons. The van der Waals surface area contributed by atoms with Crippen LogP contribution in [0, 0.1) is 0 Å². The topological polar surface area (TPSA) is 112 Å². The van der Waals surface area contributed by atoms with Crippen molar-refractivity contribution in [2.75, 3.05) is 23.3 Å². The molecule has 0 spiro atoms. The van der Waals surface area contributed by atoms with Crippen LogP contribution >= 0.6 is 0 Å². The molecule has 202 valence electrons. The van der Waals surface area contributed by atoms with Crippen molar-refractivity contribution in [3.63, 3.8) is 0 Å². The summed E-state index contributed by atoms with van der Waals surface area (Å²) in [5.74, 6) is 0.496. The monoisotopic (exact) mass is 530 g/mol. The molecule has 2 atom stereocenters. The summed E-state index contributed by atoms with van der Waals surface area (Å²) < 4.78 is 43.8. The summed E-state index contributed by atoms with van der Waals surface area (Å²) in [7, 11) is 1.88. The number of fused-ring (bicyclic) bond motifs is 1. The lowest BCUT2D eigenvalue weighted by Gasteiger charge is -2.19. The first-order chi connectivity index (χ1) is 18.1. The van der Waals surface area contributed by atoms with Crippen LogP contribution in [-0.2, 0) is 31.0 Å². The molecule has 3 N–H and O–H groups in total. The van der Waals surface area contributed by atoms with E-state index in [0.717, 1.165) is 30.4 Å². The summed E-state index contributed by atoms with van der Waals surface area (Å²) in [4.78, 5) is 23.1. The second-order valence-electron chi connectivity index (χ2n) is 9.44. The van der Waals surface area contributed by atoms with Crippen molar-refractivity contribution < 1.29 is 27.9 Å². The number of rotatable bonds is 6. The molecule has 0 unspecified atom stereocenters. The number of anilines is 2. The number of carbonyl (C=O) groups is 2. The Balaban J connectivity index is 0.00000107. The van der Waals surface area contributed by atoms with Gasteiger partial charge >= 0.3 is 6.18 Å². The van der Waals surface area contributed by atoms with Gasteiger partial charge in [-0.15, -0.1) is 10.2 Å². The summed E-state index contributed by atoms with van der Waals surface area (Å²) in [6.07, 6.45) is -1.45. The molecule has 1 amide bonds. The highest BCUT2D eigenvalue weighted by atomic mass is 19.4. The Hall–Kier alpha value is -3.93. The highest BCUT2D eigenvalue weighted by Crippen LogP contribution is 2.41. The van der Waals surface area contributed by atoms with Crippen LogP contribution in [0.2, 0.25) is 0 Å². The van der Waals surface area contributed by atoms with Crippen molar-refractivity contribution >= 4 is 23.8 Å². The van der Waals surface area contributed by atoms with E-state index in [2.05, 4.69) is 20.8 Å². The van der Waals surface area contributed by atoms with E-state index in [1.807, 2.05) is 36.7 Å². The fraction of sp³-hybridized carbons (Fsp3) is 0.385. The average molecular weight is 531 g/mol. The molecule has 3 aromatic rings. The van der Waals surface area contributed by atoms with E-state index >= 15 is 0 Å². The molecule has 2 aromatic carbocycles. The summed E-state index contributed by atoms with van der Waals surface area (Å²) in [6, 6.07) is 10.2. The van der Waals surface area contributed by atoms with Crippen LogP contribution < -0.4 is 15.5 Å². The number of carboxylic acid groups (broad SMARTS) is 1. The predicted molar refractivity (Wildman–Crippen MR) is 135 cm³/mol. The van der Waals surface area contributed by atoms with Gasteiger partial charge in [0.25, 0.3) is 12.4 Å². The van der Waals surface area contributed by atoms with Crippen molar-refractivity contribution in [2.45, 2.75) is 44.4 Å². The van der Waals surface area contributed by atoms with Gasteiger partial charge in [-0.25, -0.2) is 0 Å². The van der Waals surface area contributed by atoms with Crippen molar-refractivity contribution in [1.82, 2.24) is 20.1 Å². The number of amides is 1. The third kappa shape index (κ3) is 5.80. The molecule has 1 fully saturated rings. The van der Waals surface area contributed by atoms with Gasteiger partial charge in [0.2, 0.25) is 0 Å². The van der Waals surface area contributed by atoms with Crippen molar-refractivity contribution in [2.24, 2.45) is 7.05 Å². The van der Waals surface area contributed by atoms with Gasteiger partial charge in [-0.3, -0.25) is 9.59 Å². The molecule has 5 rings (SSSR count). The predicted octanol–water partition coefficient (Wildman–Crippen LogP) is 3.82. The van der Waals surface area contributed by atoms with E-state index in [-0.39, 0.29) is 36.1 Å². The van der Waals surface area contributed by atoms with Crippen LogP contribution in [0.15, 0.2) is 42.7 Å². The summed E-state index contributed by atoms with van der Waals surface area (Å²) in [5.41, 5.74) is 1.25. The molecule has 12 heteroatoms. The quantitative estimate of drug-likeness (QED) is 0.416. The SMILES string of the molecule is C[C@H](Cc1nncn1C)c1cccc(N2Cc3c(cc(N[C@H]4CCNC4)cc3C(F)(F)F)C2=O)c1.O=CO. The number of alkyl halides is 3. The Bertz CT molecular complexity index is 1300. The Kier molecular flexibility index (Phi) is 8.00. The highest BCUT2D eigenvalue weighted by Gasteiger charge is 2.40. The largest absolute Gasteiger partial charge is 0.483 e. The highest BCUT2D eigenvalue weighted by molar-refractivity contribution is 6.11. The normalized spacial score (nSPS) is 17.6. The van der Waals surface area contributed by atoms with Crippen molar-refractivity contribution in [1.29, 1.82) is 0 Å². The van der Waals surface area contributed by atoms with E-state index in [1.54, 1.807) is 18.5 Å². The Morgan fingerprint density at radius 1 is 1.29 bits per heavy atom. The minimum absolute atomic E-state index is 0.0233. The summed E-state index contributed by atoms with van der Waals surface area (Å²) in [6.45, 7) is 3.17. The van der Waals surface area contributed by atoms with Crippen LogP contribution in [0.4, 0.5) is 24.5 Å². The Morgan fingerprint density at radius 3 is 2.68 bits per heavy atom. The number of benzene rings is 2. The van der Waals surface area contributed by atoms with E-state index in [9.17, 15) is 18.0 Å². The van der Waals surface area contributed by atoms with Crippen LogP contribution in [0.1, 0.15) is 52.1 Å². The zero-order chi connectivity index (χ0) is 27.4. The van der Waals surface area contributed by atoms with E-state index in [4.69, 9.17) is 9.90 Å². The third-order valence-corrected chi connectivity index (χ3v) is 6.82. The number of aryl methyl sites for hydroxylation is 1. The molecule has 38 heavy (non-hydrogen) atoms. The number of halogens is 3. The molecule has 2 aliphatic rings. The minimum Gasteiger partial charge on any atom is -0.483 e. The van der Waals surface area contributed by atoms with Gasteiger partial charge in [-0.05, 0) is 54.3 Å². The van der Waals surface area contributed by atoms with Gasteiger partial charge in [0.1, 0.15) is 12.2 Å². The van der Waals surface area contributed by atoms with Crippen molar-refractivity contribution in [3.05, 3.63) is 70.8 Å². The maximum absolute atomic E-state index is 14.0. The molecule has 1 aromatic heterocycles. The molecule has 0 bridgehead atoms. The van der Waals surface area contributed by atoms with Gasteiger partial charge in [0.05, 0.1) is 12.1 Å². The van der Waals surface area contributed by atoms with Crippen LogP contribution in [0.5, 0.6) is 0 Å². The average Bonchev–Trinajstić information content (AvgIpc) is 3.61. The number of nitrogens with one attached hydrogen (secondary N) is 2. The molecule has 9 nitrogen and oxygen atoms in total. The third-order valence-electron chi connectivity index (χ3n) is 6.82. The van der Waals surface area contributed by atoms with E-state index in [0.29, 0.717) is 24.3 Å². The van der Waals surface area contributed by atoms with Gasteiger partial charge in [-0.2, -0.15) is 13.2 Å². The lowest BCUT2D eigenvalue weighted by Crippen LogP contribution is -2.23. The van der Waals surface area contributed by atoms with Gasteiger partial charge in [0, 0.05) is 43.0 Å². The lowest BCUT2D eigenvalue weighted by atomic mass is 9.97. The number of carbonyl (C=O) groups excluding carboxylic acids is 1. The molecular weight excluding hydrogens is 501 g/mol. The number of aromatic nitrogens is 3. The van der Waals surface area contributed by atoms with Crippen LogP contribution in [0.3, 0.4) is 0 Å². The van der Waals surface area contributed by atoms with Gasteiger partial charge < -0.3 is 25.2 Å². The molecule has 0 aliphatic carbocycles. The zero-order valence-corrected chi connectivity index (χ0v) is 21.0. The second-order valence-corrected chi connectivity index (χ2v) is 9.44. The smallest absolute Gasteiger partial charge is 0.416 e. The van der Waals surface area contributed by atoms with E-state index < -0.39 is 17.6 Å². The molecular formula is C26H29F3N6O3. The first-order valence-corrected chi connectivity index (χ1v) is 12.2. The zero-order valence-electron chi connectivity index (χ0n) is 21.0. The molecule has 1 saturated heterocycles. The fourth-order valence-electron chi connectivity index (χ4n) is 4.85. The fourth-order valence-corrected chi connectivity index (χ4v) is 4.85. The number of hydrogen-bond acceptors (Lipinski definition) is 6. The van der Waals surface area contributed by atoms with E-state index in [1.165, 1.54) is 4.90 Å². The first-order valence-electron chi connectivity index (χ1n) is 12.2. The van der Waals surface area contributed by atoms with Crippen LogP contribution in [-0.4, -0.2) is 51.4 Å². The number of hydrogen-bond donors (Lipinski definition) is 3. The Morgan fingerprint density at radius 2 is 2.05 bits per heavy atom. The second kappa shape index (κ2) is 11.2. The standard InChI is InChI=1S/C25H27F3N6O.CH2O2/c1-15(8-23-32-30-14-33(23)2)16-4-3-5-19(9-16)34-13-21-20(24(34)35)10-18(11-22(21)25(26,27)28)31-17-6-7-29-12-17;2-1-3/h3-5,9-11,14-15,17,29,31H,6-8,12-13H2,1-2H3;1H,(H,2,3)/t15-,17+;/m1./s1. The lowest BCUT2D eigenvalue weighted by molar-refractivity contribution is -0.138. The maximum Gasteiger partial charge on any atom is 0.416 e. The maximum atomic E-state index is 14.0. The van der Waals surface area contributed by atoms with Crippen molar-refractivity contribution in [3.8, 4) is 0 Å². The first kappa shape index (κ1) is 27.1. The summed E-state index contributed by atoms with van der Waals surface area (Å²) in [5, 5.41) is 21.3. The van der Waals surface area contributed by atoms with Gasteiger partial charge in [-0.1, -0.05) is 19.1 Å². The minimum atomic E-state index is -4.56. The van der Waals surface area contributed by atoms with Gasteiger partial charge in [0.15, 0.2) is 0 Å². The molecule has 3 heterocycles. The summed E-state index contributed by atoms with van der Waals surface area (Å²) >= 11 is 0. The van der Waals surface area contributed by atoms with Crippen LogP contribution in [0.25, 0.3) is 0 Å².